The van der Waals surface area contributed by atoms with Crippen LogP contribution in [0.5, 0.6) is 0 Å². The van der Waals surface area contributed by atoms with E-state index in [4.69, 9.17) is 0 Å². The second kappa shape index (κ2) is 11.2. The quantitative estimate of drug-likeness (QED) is 0.241. The lowest BCUT2D eigenvalue weighted by Gasteiger charge is -2.22. The highest BCUT2D eigenvalue weighted by molar-refractivity contribution is 7.78. The van der Waals surface area contributed by atoms with Crippen LogP contribution in [0, 0.1) is 5.82 Å². The van der Waals surface area contributed by atoms with Crippen LogP contribution in [0.15, 0.2) is 39.0 Å². The Balaban J connectivity index is 2.09. The van der Waals surface area contributed by atoms with Gasteiger partial charge in [0.15, 0.2) is 5.82 Å². The molecule has 0 aliphatic rings. The third-order valence-corrected chi connectivity index (χ3v) is 8.19. The van der Waals surface area contributed by atoms with E-state index in [1.54, 1.807) is 27.7 Å². The molecule has 2 heterocycles. The topological polar surface area (TPSA) is 92.5 Å². The van der Waals surface area contributed by atoms with Crippen LogP contribution in [-0.4, -0.2) is 21.0 Å². The summed E-state index contributed by atoms with van der Waals surface area (Å²) in [6.45, 7) is 10.0. The molecule has 0 saturated heterocycles. The van der Waals surface area contributed by atoms with Gasteiger partial charge in [-0.05, 0) is 53.2 Å². The van der Waals surface area contributed by atoms with Crippen LogP contribution < -0.4 is 0 Å². The fourth-order valence-corrected chi connectivity index (χ4v) is 5.65. The van der Waals surface area contributed by atoms with Crippen LogP contribution in [0.25, 0.3) is 11.3 Å². The summed E-state index contributed by atoms with van der Waals surface area (Å²) in [5.41, 5.74) is -1.67. The molecule has 12 heteroatoms. The van der Waals surface area contributed by atoms with E-state index in [1.807, 2.05) is 0 Å². The third-order valence-electron chi connectivity index (χ3n) is 5.59. The molecule has 2 aromatic heterocycles. The highest BCUT2D eigenvalue weighted by Gasteiger charge is 2.31. The van der Waals surface area contributed by atoms with E-state index in [0.717, 1.165) is 23.5 Å². The Labute approximate surface area is 224 Å². The minimum atomic E-state index is -4.61. The van der Waals surface area contributed by atoms with Gasteiger partial charge in [0.05, 0.1) is 12.0 Å². The smallest absolute Gasteiger partial charge is 0.416 e. The summed E-state index contributed by atoms with van der Waals surface area (Å²) in [6.07, 6.45) is -3.73. The molecule has 3 aromatic rings. The van der Waals surface area contributed by atoms with E-state index < -0.39 is 52.0 Å². The predicted octanol–water partition coefficient (Wildman–Crippen LogP) is 7.11. The maximum Gasteiger partial charge on any atom is 0.416 e. The normalized spacial score (nSPS) is 13.5. The Morgan fingerprint density at radius 1 is 1.16 bits per heavy atom. The number of hydrogen-bond acceptors (Lipinski definition) is 7. The lowest BCUT2D eigenvalue weighted by atomic mass is 9.88. The van der Waals surface area contributed by atoms with E-state index in [-0.39, 0.29) is 32.5 Å². The Kier molecular flexibility index (Phi) is 8.79. The number of nitrogens with zero attached hydrogens (tertiary/aromatic N) is 3. The number of pyridine rings is 1. The Morgan fingerprint density at radius 3 is 2.34 bits per heavy atom. The first-order valence-electron chi connectivity index (χ1n) is 11.8. The first-order chi connectivity index (χ1) is 17.5. The zero-order valence-electron chi connectivity index (χ0n) is 21.7. The van der Waals surface area contributed by atoms with Gasteiger partial charge in [0.25, 0.3) is 0 Å². The molecule has 6 nitrogen and oxygen atoms in total. The summed E-state index contributed by atoms with van der Waals surface area (Å²) < 4.78 is 72.3. The van der Waals surface area contributed by atoms with Crippen molar-refractivity contribution in [3.8, 4) is 11.3 Å². The third kappa shape index (κ3) is 6.65. The van der Waals surface area contributed by atoms with E-state index in [1.165, 1.54) is 32.2 Å². The summed E-state index contributed by atoms with van der Waals surface area (Å²) in [6, 6.07) is 4.29. The van der Waals surface area contributed by atoms with Crippen LogP contribution in [0.4, 0.5) is 17.6 Å². The molecule has 206 valence electrons. The minimum absolute atomic E-state index is 0.0300. The molecule has 3 rings (SSSR count). The molecule has 0 bridgehead atoms. The second-order valence-corrected chi connectivity index (χ2v) is 12.3. The van der Waals surface area contributed by atoms with Crippen molar-refractivity contribution in [1.29, 1.82) is 0 Å². The molecular formula is C26H28F4N3O3S2-. The lowest BCUT2D eigenvalue weighted by Crippen LogP contribution is -2.15. The average Bonchev–Trinajstić information content (AvgIpc) is 3.29. The van der Waals surface area contributed by atoms with Gasteiger partial charge in [-0.1, -0.05) is 39.8 Å². The van der Waals surface area contributed by atoms with Crippen molar-refractivity contribution in [3.63, 3.8) is 0 Å². The molecule has 0 atom stereocenters. The van der Waals surface area contributed by atoms with Crippen molar-refractivity contribution in [2.75, 3.05) is 0 Å². The van der Waals surface area contributed by atoms with Gasteiger partial charge in [0, 0.05) is 17.5 Å². The van der Waals surface area contributed by atoms with Crippen molar-refractivity contribution < 1.29 is 31.7 Å². The van der Waals surface area contributed by atoms with Crippen molar-refractivity contribution in [2.45, 2.75) is 75.8 Å². The van der Waals surface area contributed by atoms with E-state index in [0.29, 0.717) is 10.7 Å². The van der Waals surface area contributed by atoms with Gasteiger partial charge in [-0.25, -0.2) is 14.4 Å². The van der Waals surface area contributed by atoms with Crippen LogP contribution in [-0.2, 0) is 37.8 Å². The Morgan fingerprint density at radius 2 is 1.82 bits per heavy atom. The number of thiazole rings is 1. The van der Waals surface area contributed by atoms with Crippen molar-refractivity contribution in [2.24, 2.45) is 4.36 Å². The molecule has 1 N–H and O–H groups in total. The summed E-state index contributed by atoms with van der Waals surface area (Å²) in [4.78, 5) is 21.3. The molecule has 1 amide bonds. The Hall–Kier alpha value is -2.70. The summed E-state index contributed by atoms with van der Waals surface area (Å²) >= 11 is 0.957. The number of halogens is 4. The maximum absolute atomic E-state index is 15.9. The first kappa shape index (κ1) is 29.9. The van der Waals surface area contributed by atoms with Gasteiger partial charge in [-0.2, -0.15) is 13.2 Å². The molecule has 0 saturated carbocycles. The highest BCUT2D eigenvalue weighted by atomic mass is 32.2. The van der Waals surface area contributed by atoms with Crippen LogP contribution >= 0.6 is 11.3 Å². The molecule has 0 fully saturated rings. The van der Waals surface area contributed by atoms with Crippen LogP contribution in [0.1, 0.15) is 80.8 Å². The fourth-order valence-electron chi connectivity index (χ4n) is 3.88. The minimum Gasteiger partial charge on any atom is -0.439 e. The van der Waals surface area contributed by atoms with E-state index in [9.17, 15) is 27.3 Å². The van der Waals surface area contributed by atoms with Gasteiger partial charge in [-0.15, -0.1) is 21.9 Å². The van der Waals surface area contributed by atoms with Gasteiger partial charge in [0.2, 0.25) is 5.91 Å². The molecule has 1 aromatic carbocycles. The molecule has 0 unspecified atom stereocenters. The molecule has 38 heavy (non-hydrogen) atoms. The number of hydrogen-bond donors (Lipinski definition) is 1. The van der Waals surface area contributed by atoms with Gasteiger partial charge in [0.1, 0.15) is 16.3 Å². The summed E-state index contributed by atoms with van der Waals surface area (Å²) in [5, 5.41) is 10.4. The number of rotatable bonds is 7. The molecule has 0 radical (unpaired) electrons. The SMILES string of the molecule is CC(C)c1nc(-c2cccc(C(F)(F)F)c2)c(F)c(C(C)C)c1CC(=O)N=[S-](=O)c1cnc(C(C)(C)O)s1. The predicted molar refractivity (Wildman–Crippen MR) is 138 cm³/mol. The fraction of sp³-hybridized carbons (Fsp3) is 0.423. The number of amides is 1. The molecule has 0 spiro atoms. The number of aromatic nitrogens is 2. The largest absolute Gasteiger partial charge is 0.439 e. The van der Waals surface area contributed by atoms with Gasteiger partial charge >= 0.3 is 6.18 Å². The number of carbonyl (C=O) groups excluding carboxylic acids is 1. The van der Waals surface area contributed by atoms with E-state index >= 15 is 4.39 Å². The Bertz CT molecular complexity index is 1430. The van der Waals surface area contributed by atoms with Crippen LogP contribution in [0.2, 0.25) is 0 Å². The maximum atomic E-state index is 15.9. The zero-order chi connectivity index (χ0) is 28.6. The monoisotopic (exact) mass is 570 g/mol. The standard InChI is InChI=1S/C26H28F4N3O3S2/c1-13(2)20-17(11-18(34)33-38(36)19-12-31-24(37-19)25(5,6)35)22(14(3)4)32-23(21(20)27)15-8-7-9-16(10-15)26(28,29)30/h7-10,12-14,35H,11H2,1-6H3/q-1. The second-order valence-electron chi connectivity index (χ2n) is 9.89. The lowest BCUT2D eigenvalue weighted by molar-refractivity contribution is -0.137. The summed E-state index contributed by atoms with van der Waals surface area (Å²) in [7, 11) is -2.09. The highest BCUT2D eigenvalue weighted by Crippen LogP contribution is 2.37. The first-order valence-corrected chi connectivity index (χ1v) is 13.7. The molecule has 0 aliphatic heterocycles. The number of alkyl halides is 3. The van der Waals surface area contributed by atoms with Gasteiger partial charge < -0.3 is 13.7 Å². The molecule has 0 aliphatic carbocycles. The van der Waals surface area contributed by atoms with Crippen molar-refractivity contribution >= 4 is 27.8 Å². The number of aliphatic hydroxyl groups is 1. The average molecular weight is 571 g/mol. The summed E-state index contributed by atoms with van der Waals surface area (Å²) in [5.74, 6) is -2.34. The van der Waals surface area contributed by atoms with Crippen LogP contribution in [0.3, 0.4) is 0 Å². The number of carbonyl (C=O) groups is 1. The molecular weight excluding hydrogens is 542 g/mol. The zero-order valence-corrected chi connectivity index (χ0v) is 23.3. The number of benzene rings is 1. The van der Waals surface area contributed by atoms with Gasteiger partial charge in [-0.3, -0.25) is 4.79 Å². The van der Waals surface area contributed by atoms with Crippen molar-refractivity contribution in [3.05, 3.63) is 63.7 Å². The van der Waals surface area contributed by atoms with E-state index in [2.05, 4.69) is 14.3 Å². The van der Waals surface area contributed by atoms with Crippen molar-refractivity contribution in [1.82, 2.24) is 9.97 Å².